The van der Waals surface area contributed by atoms with Crippen molar-refractivity contribution in [2.75, 3.05) is 25.7 Å². The molecule has 0 aliphatic carbocycles. The molecule has 0 atom stereocenters. The van der Waals surface area contributed by atoms with Gasteiger partial charge in [0.1, 0.15) is 0 Å². The Hall–Kier alpha value is 0.837. The molecule has 74 valence electrons. The zero-order valence-electron chi connectivity index (χ0n) is 7.75. The van der Waals surface area contributed by atoms with E-state index in [1.807, 2.05) is 0 Å². The van der Waals surface area contributed by atoms with E-state index in [0.29, 0.717) is 0 Å². The number of hydrogen-bond acceptors (Lipinski definition) is 4. The molecule has 0 aromatic rings. The lowest BCUT2D eigenvalue weighted by atomic mass is 10.6. The zero-order valence-corrected chi connectivity index (χ0v) is 10.5. The van der Waals surface area contributed by atoms with Gasteiger partial charge in [0.05, 0.1) is 0 Å². The third kappa shape index (κ3) is 4.18. The Morgan fingerprint density at radius 3 is 1.92 bits per heavy atom. The predicted octanol–water partition coefficient (Wildman–Crippen LogP) is 1.97. The highest BCUT2D eigenvalue weighted by atomic mass is 32.1. The van der Waals surface area contributed by atoms with Crippen molar-refractivity contribution < 1.29 is 8.85 Å². The van der Waals surface area contributed by atoms with E-state index < -0.39 is 8.56 Å². The summed E-state index contributed by atoms with van der Waals surface area (Å²) in [7, 11) is 1.58. The lowest BCUT2D eigenvalue weighted by Gasteiger charge is -2.26. The highest BCUT2D eigenvalue weighted by Crippen LogP contribution is 2.20. The summed E-state index contributed by atoms with van der Waals surface area (Å²) < 4.78 is 10.9. The second kappa shape index (κ2) is 7.26. The summed E-state index contributed by atoms with van der Waals surface area (Å²) in [5.41, 5.74) is 0. The predicted molar refractivity (Wildman–Crippen MR) is 61.7 cm³/mol. The van der Waals surface area contributed by atoms with Gasteiger partial charge in [-0.2, -0.15) is 25.3 Å². The van der Waals surface area contributed by atoms with Crippen LogP contribution in [0.4, 0.5) is 0 Å². The molecule has 0 bridgehead atoms. The fourth-order valence-electron chi connectivity index (χ4n) is 1.14. The van der Waals surface area contributed by atoms with Crippen LogP contribution in [-0.2, 0) is 8.85 Å². The van der Waals surface area contributed by atoms with Gasteiger partial charge in [0.2, 0.25) is 0 Å². The molecule has 0 aliphatic rings. The lowest BCUT2D eigenvalue weighted by molar-refractivity contribution is 0.243. The van der Waals surface area contributed by atoms with E-state index in [1.165, 1.54) is 0 Å². The smallest absolute Gasteiger partial charge is 0.338 e. The molecule has 0 rings (SSSR count). The largest absolute Gasteiger partial charge is 0.398 e. The third-order valence-electron chi connectivity index (χ3n) is 1.95. The molecule has 0 saturated carbocycles. The average Bonchev–Trinajstić information content (AvgIpc) is 2.13. The summed E-state index contributed by atoms with van der Waals surface area (Å²) in [6.07, 6.45) is 1.06. The number of hydrogen-bond donors (Lipinski definition) is 2. The lowest BCUT2D eigenvalue weighted by Crippen LogP contribution is -2.40. The first-order valence-electron chi connectivity index (χ1n) is 4.06. The third-order valence-corrected chi connectivity index (χ3v) is 6.53. The molecule has 5 heteroatoms. The molecule has 0 unspecified atom stereocenters. The van der Waals surface area contributed by atoms with Crippen molar-refractivity contribution in [1.29, 1.82) is 0 Å². The van der Waals surface area contributed by atoms with Crippen LogP contribution in [-0.4, -0.2) is 34.3 Å². The molecule has 0 spiro atoms. The Morgan fingerprint density at radius 1 is 1.00 bits per heavy atom. The van der Waals surface area contributed by atoms with Crippen LogP contribution in [0.15, 0.2) is 0 Å². The standard InChI is InChI=1S/C7H18O2S2Si/c1-8-12(9-2,7-5-11)6-3-4-10/h10-11H,3-7H2,1-2H3. The van der Waals surface area contributed by atoms with Crippen LogP contribution >= 0.6 is 25.3 Å². The van der Waals surface area contributed by atoms with E-state index in [0.717, 1.165) is 30.0 Å². The van der Waals surface area contributed by atoms with Gasteiger partial charge in [-0.3, -0.25) is 0 Å². The molecule has 0 fully saturated rings. The Labute approximate surface area is 87.1 Å². The maximum absolute atomic E-state index is 5.46. The number of rotatable bonds is 7. The van der Waals surface area contributed by atoms with E-state index >= 15 is 0 Å². The maximum atomic E-state index is 5.46. The van der Waals surface area contributed by atoms with Gasteiger partial charge in [-0.25, -0.2) is 0 Å². The van der Waals surface area contributed by atoms with Gasteiger partial charge in [-0.1, -0.05) is 0 Å². The van der Waals surface area contributed by atoms with E-state index in [-0.39, 0.29) is 0 Å². The summed E-state index contributed by atoms with van der Waals surface area (Å²) in [5, 5.41) is 0. The summed E-state index contributed by atoms with van der Waals surface area (Å²) >= 11 is 8.37. The minimum absolute atomic E-state index is 0.834. The average molecular weight is 226 g/mol. The second-order valence-electron chi connectivity index (χ2n) is 2.62. The van der Waals surface area contributed by atoms with Crippen molar-refractivity contribution in [3.8, 4) is 0 Å². The van der Waals surface area contributed by atoms with Gasteiger partial charge in [-0.15, -0.1) is 0 Å². The van der Waals surface area contributed by atoms with Crippen molar-refractivity contribution in [3.05, 3.63) is 0 Å². The van der Waals surface area contributed by atoms with Crippen LogP contribution in [0.25, 0.3) is 0 Å². The Balaban J connectivity index is 3.95. The van der Waals surface area contributed by atoms with E-state index in [4.69, 9.17) is 8.85 Å². The summed E-state index contributed by atoms with van der Waals surface area (Å²) in [4.78, 5) is 0. The summed E-state index contributed by atoms with van der Waals surface area (Å²) in [6.45, 7) is 0. The van der Waals surface area contributed by atoms with Gasteiger partial charge in [0, 0.05) is 14.2 Å². The van der Waals surface area contributed by atoms with E-state index in [9.17, 15) is 0 Å². The Morgan fingerprint density at radius 2 is 1.58 bits per heavy atom. The molecule has 0 aliphatic heterocycles. The van der Waals surface area contributed by atoms with Crippen LogP contribution in [0.3, 0.4) is 0 Å². The Kier molecular flexibility index (Phi) is 7.77. The fourth-order valence-corrected chi connectivity index (χ4v) is 4.90. The fraction of sp³-hybridized carbons (Fsp3) is 1.00. The molecule has 0 aromatic heterocycles. The van der Waals surface area contributed by atoms with Gasteiger partial charge < -0.3 is 8.85 Å². The normalized spacial score (nSPS) is 12.0. The first-order valence-corrected chi connectivity index (χ1v) is 7.56. The first-order chi connectivity index (χ1) is 5.74. The molecule has 0 N–H and O–H groups in total. The maximum Gasteiger partial charge on any atom is 0.338 e. The van der Waals surface area contributed by atoms with Crippen LogP contribution in [0.1, 0.15) is 6.42 Å². The summed E-state index contributed by atoms with van der Waals surface area (Å²) in [6, 6.07) is 1.97. The zero-order chi connectivity index (χ0) is 9.45. The minimum Gasteiger partial charge on any atom is -0.398 e. The molecule has 12 heavy (non-hydrogen) atoms. The number of thiol groups is 2. The molecule has 2 nitrogen and oxygen atoms in total. The topological polar surface area (TPSA) is 18.5 Å². The molecular formula is C7H18O2S2Si. The minimum atomic E-state index is -1.89. The second-order valence-corrected chi connectivity index (χ2v) is 7.15. The molecule has 0 aromatic carbocycles. The Bertz CT molecular complexity index is 110. The van der Waals surface area contributed by atoms with Crippen molar-refractivity contribution in [2.45, 2.75) is 18.5 Å². The van der Waals surface area contributed by atoms with E-state index in [1.54, 1.807) is 14.2 Å². The monoisotopic (exact) mass is 226 g/mol. The van der Waals surface area contributed by atoms with Gasteiger partial charge in [0.25, 0.3) is 0 Å². The van der Waals surface area contributed by atoms with Crippen LogP contribution in [0.5, 0.6) is 0 Å². The van der Waals surface area contributed by atoms with Crippen molar-refractivity contribution in [1.82, 2.24) is 0 Å². The van der Waals surface area contributed by atoms with Crippen LogP contribution in [0, 0.1) is 0 Å². The quantitative estimate of drug-likeness (QED) is 0.511. The molecule has 0 amide bonds. The van der Waals surface area contributed by atoms with Crippen molar-refractivity contribution >= 4 is 33.8 Å². The van der Waals surface area contributed by atoms with Gasteiger partial charge in [0.15, 0.2) is 0 Å². The molecule has 0 saturated heterocycles. The van der Waals surface area contributed by atoms with Crippen molar-refractivity contribution in [3.63, 3.8) is 0 Å². The van der Waals surface area contributed by atoms with Gasteiger partial charge in [-0.05, 0) is 30.0 Å². The highest BCUT2D eigenvalue weighted by molar-refractivity contribution is 7.80. The SMILES string of the molecule is CO[Si](CCS)(CCCS)OC. The first kappa shape index (κ1) is 12.8. The van der Waals surface area contributed by atoms with E-state index in [2.05, 4.69) is 25.3 Å². The van der Waals surface area contributed by atoms with Crippen LogP contribution < -0.4 is 0 Å². The van der Waals surface area contributed by atoms with Crippen molar-refractivity contribution in [2.24, 2.45) is 0 Å². The van der Waals surface area contributed by atoms with Gasteiger partial charge >= 0.3 is 8.56 Å². The molecular weight excluding hydrogens is 208 g/mol. The molecule has 0 radical (unpaired) electrons. The molecule has 0 heterocycles. The highest BCUT2D eigenvalue weighted by Gasteiger charge is 2.33. The summed E-state index contributed by atoms with van der Waals surface area (Å²) in [5.74, 6) is 1.73. The van der Waals surface area contributed by atoms with Crippen LogP contribution in [0.2, 0.25) is 12.1 Å².